The number of benzene rings is 2. The summed E-state index contributed by atoms with van der Waals surface area (Å²) in [5.74, 6) is 0. The number of aryl methyl sites for hydroxylation is 4. The molecule has 142 valence electrons. The minimum atomic E-state index is 0.202. The van der Waals surface area contributed by atoms with E-state index in [1.807, 2.05) is 0 Å². The average molecular weight is 351 g/mol. The van der Waals surface area contributed by atoms with Crippen LogP contribution in [0.2, 0.25) is 0 Å². The van der Waals surface area contributed by atoms with Crippen molar-refractivity contribution in [3.63, 3.8) is 0 Å². The summed E-state index contributed by atoms with van der Waals surface area (Å²) in [6, 6.07) is 9.59. The standard InChI is InChI=1S/C26H38/c1-11-26(9,10)24-19(4)14-22(15-20(24)5)16-21-12-17(2)23(18(3)13-21)25(6,7)8/h12-15H,11,16H2,1-10H3. The molecule has 0 aliphatic rings. The zero-order chi connectivity index (χ0) is 19.9. The third-order valence-electron chi connectivity index (χ3n) is 5.90. The molecule has 0 nitrogen and oxygen atoms in total. The predicted molar refractivity (Wildman–Crippen MR) is 117 cm³/mol. The highest BCUT2D eigenvalue weighted by Crippen LogP contribution is 2.34. The van der Waals surface area contributed by atoms with Gasteiger partial charge in [0.1, 0.15) is 0 Å². The fourth-order valence-corrected chi connectivity index (χ4v) is 4.97. The Morgan fingerprint density at radius 1 is 0.615 bits per heavy atom. The van der Waals surface area contributed by atoms with Gasteiger partial charge in [0.25, 0.3) is 0 Å². The first-order valence-corrected chi connectivity index (χ1v) is 10.1. The highest BCUT2D eigenvalue weighted by atomic mass is 14.3. The summed E-state index contributed by atoms with van der Waals surface area (Å²) in [7, 11) is 0. The van der Waals surface area contributed by atoms with Crippen LogP contribution in [0, 0.1) is 27.7 Å². The third kappa shape index (κ3) is 4.22. The lowest BCUT2D eigenvalue weighted by molar-refractivity contribution is 0.500. The fraction of sp³-hybridized carbons (Fsp3) is 0.538. The summed E-state index contributed by atoms with van der Waals surface area (Å²) < 4.78 is 0. The van der Waals surface area contributed by atoms with E-state index < -0.39 is 0 Å². The van der Waals surface area contributed by atoms with E-state index >= 15 is 0 Å². The van der Waals surface area contributed by atoms with Crippen LogP contribution >= 0.6 is 0 Å². The summed E-state index contributed by atoms with van der Waals surface area (Å²) in [6.07, 6.45) is 2.18. The van der Waals surface area contributed by atoms with Crippen LogP contribution in [0.3, 0.4) is 0 Å². The van der Waals surface area contributed by atoms with E-state index in [1.165, 1.54) is 50.9 Å². The highest BCUT2D eigenvalue weighted by Gasteiger charge is 2.23. The van der Waals surface area contributed by atoms with Crippen molar-refractivity contribution in [1.82, 2.24) is 0 Å². The van der Waals surface area contributed by atoms with Crippen LogP contribution in [0.5, 0.6) is 0 Å². The molecule has 0 atom stereocenters. The van der Waals surface area contributed by atoms with Crippen molar-refractivity contribution in [2.24, 2.45) is 0 Å². The maximum atomic E-state index is 2.40. The Labute approximate surface area is 162 Å². The first-order chi connectivity index (χ1) is 11.9. The third-order valence-corrected chi connectivity index (χ3v) is 5.90. The second-order valence-electron chi connectivity index (χ2n) is 9.87. The van der Waals surface area contributed by atoms with Crippen LogP contribution in [-0.2, 0) is 17.3 Å². The molecule has 0 spiro atoms. The predicted octanol–water partition coefficient (Wildman–Crippen LogP) is 7.50. The van der Waals surface area contributed by atoms with Gasteiger partial charge in [-0.25, -0.2) is 0 Å². The molecule has 0 N–H and O–H groups in total. The van der Waals surface area contributed by atoms with E-state index in [1.54, 1.807) is 0 Å². The molecule has 2 aromatic carbocycles. The van der Waals surface area contributed by atoms with E-state index in [0.717, 1.165) is 6.42 Å². The quantitative estimate of drug-likeness (QED) is 0.535. The lowest BCUT2D eigenvalue weighted by Gasteiger charge is -2.28. The monoisotopic (exact) mass is 350 g/mol. The van der Waals surface area contributed by atoms with Gasteiger partial charge < -0.3 is 0 Å². The van der Waals surface area contributed by atoms with Gasteiger partial charge in [-0.2, -0.15) is 0 Å². The van der Waals surface area contributed by atoms with Crippen molar-refractivity contribution in [2.75, 3.05) is 0 Å². The maximum Gasteiger partial charge on any atom is -0.00254 e. The molecule has 0 amide bonds. The minimum Gasteiger partial charge on any atom is -0.0646 e. The zero-order valence-corrected chi connectivity index (χ0v) is 18.7. The summed E-state index contributed by atoms with van der Waals surface area (Å²) in [5.41, 5.74) is 12.0. The van der Waals surface area contributed by atoms with Gasteiger partial charge in [0.05, 0.1) is 0 Å². The van der Waals surface area contributed by atoms with Crippen molar-refractivity contribution in [2.45, 2.75) is 92.9 Å². The molecule has 0 heterocycles. The second kappa shape index (κ2) is 7.22. The van der Waals surface area contributed by atoms with Crippen molar-refractivity contribution in [3.8, 4) is 0 Å². The van der Waals surface area contributed by atoms with Gasteiger partial charge >= 0.3 is 0 Å². The van der Waals surface area contributed by atoms with Gasteiger partial charge in [-0.15, -0.1) is 0 Å². The van der Waals surface area contributed by atoms with E-state index in [2.05, 4.69) is 93.5 Å². The normalized spacial score (nSPS) is 12.5. The van der Waals surface area contributed by atoms with E-state index in [4.69, 9.17) is 0 Å². The van der Waals surface area contributed by atoms with Crippen LogP contribution in [0.15, 0.2) is 24.3 Å². The molecule has 0 aliphatic carbocycles. The van der Waals surface area contributed by atoms with Gasteiger partial charge in [0, 0.05) is 0 Å². The van der Waals surface area contributed by atoms with Crippen LogP contribution in [0.4, 0.5) is 0 Å². The number of hydrogen-bond donors (Lipinski definition) is 0. The molecule has 0 heteroatoms. The molecule has 0 unspecified atom stereocenters. The van der Waals surface area contributed by atoms with E-state index in [0.29, 0.717) is 0 Å². The summed E-state index contributed by atoms with van der Waals surface area (Å²) >= 11 is 0. The topological polar surface area (TPSA) is 0 Å². The SMILES string of the molecule is CCC(C)(C)c1c(C)cc(Cc2cc(C)c(C(C)(C)C)c(C)c2)cc1C. The first-order valence-electron chi connectivity index (χ1n) is 10.1. The van der Waals surface area contributed by atoms with Crippen LogP contribution in [-0.4, -0.2) is 0 Å². The van der Waals surface area contributed by atoms with E-state index in [-0.39, 0.29) is 10.8 Å². The molecular formula is C26H38. The summed E-state index contributed by atoms with van der Waals surface area (Å²) in [4.78, 5) is 0. The van der Waals surface area contributed by atoms with E-state index in [9.17, 15) is 0 Å². The number of hydrogen-bond acceptors (Lipinski definition) is 0. The molecule has 26 heavy (non-hydrogen) atoms. The molecule has 2 aromatic rings. The van der Waals surface area contributed by atoms with Crippen molar-refractivity contribution >= 4 is 0 Å². The Balaban J connectivity index is 2.42. The number of rotatable bonds is 4. The maximum absolute atomic E-state index is 2.40. The van der Waals surface area contributed by atoms with Crippen molar-refractivity contribution in [1.29, 1.82) is 0 Å². The van der Waals surface area contributed by atoms with Gasteiger partial charge in [0.15, 0.2) is 0 Å². The van der Waals surface area contributed by atoms with Gasteiger partial charge in [0.2, 0.25) is 0 Å². The highest BCUT2D eigenvalue weighted by molar-refractivity contribution is 5.46. The minimum absolute atomic E-state index is 0.202. The lowest BCUT2D eigenvalue weighted by atomic mass is 9.76. The van der Waals surface area contributed by atoms with Crippen molar-refractivity contribution in [3.05, 3.63) is 68.8 Å². The first kappa shape index (κ1) is 20.7. The smallest absolute Gasteiger partial charge is 0.00254 e. The molecular weight excluding hydrogens is 312 g/mol. The molecule has 0 aromatic heterocycles. The molecule has 2 rings (SSSR count). The molecule has 0 fully saturated rings. The Morgan fingerprint density at radius 2 is 0.962 bits per heavy atom. The summed E-state index contributed by atoms with van der Waals surface area (Å²) in [5, 5.41) is 0. The van der Waals surface area contributed by atoms with Crippen LogP contribution in [0.1, 0.15) is 92.5 Å². The summed E-state index contributed by atoms with van der Waals surface area (Å²) in [6.45, 7) is 23.0. The Bertz CT molecular complexity index is 751. The zero-order valence-electron chi connectivity index (χ0n) is 18.7. The average Bonchev–Trinajstić information content (AvgIpc) is 2.43. The van der Waals surface area contributed by atoms with Crippen LogP contribution < -0.4 is 0 Å². The molecule has 0 bridgehead atoms. The Hall–Kier alpha value is -1.56. The Kier molecular flexibility index (Phi) is 5.76. The lowest BCUT2D eigenvalue weighted by Crippen LogP contribution is -2.19. The van der Waals surface area contributed by atoms with Crippen LogP contribution in [0.25, 0.3) is 0 Å². The van der Waals surface area contributed by atoms with Gasteiger partial charge in [-0.3, -0.25) is 0 Å². The van der Waals surface area contributed by atoms with Gasteiger partial charge in [-0.1, -0.05) is 65.8 Å². The molecule has 0 saturated carbocycles. The Morgan fingerprint density at radius 3 is 1.27 bits per heavy atom. The second-order valence-corrected chi connectivity index (χ2v) is 9.87. The largest absolute Gasteiger partial charge is 0.0646 e. The van der Waals surface area contributed by atoms with Crippen molar-refractivity contribution < 1.29 is 0 Å². The fourth-order valence-electron chi connectivity index (χ4n) is 4.97. The molecule has 0 saturated heterocycles. The van der Waals surface area contributed by atoms with Gasteiger partial charge in [-0.05, 0) is 95.9 Å². The molecule has 0 aliphatic heterocycles. The molecule has 0 radical (unpaired) electrons.